The number of phenols is 1. The molecule has 3 rings (SSSR count). The zero-order valence-electron chi connectivity index (χ0n) is 13.0. The van der Waals surface area contributed by atoms with Gasteiger partial charge in [-0.1, -0.05) is 12.1 Å². The SMILES string of the molecule is Oc1ccc(CCCN2CCCC3(CCCNC3)C2)cc1. The summed E-state index contributed by atoms with van der Waals surface area (Å²) in [7, 11) is 0. The topological polar surface area (TPSA) is 35.5 Å². The normalized spacial score (nSPS) is 27.0. The van der Waals surface area contributed by atoms with Crippen molar-refractivity contribution in [1.82, 2.24) is 10.2 Å². The third-order valence-electron chi connectivity index (χ3n) is 5.18. The Morgan fingerprint density at radius 3 is 2.71 bits per heavy atom. The second-order valence-electron chi connectivity index (χ2n) is 6.93. The number of hydrogen-bond donors (Lipinski definition) is 2. The highest BCUT2D eigenvalue weighted by molar-refractivity contribution is 5.25. The van der Waals surface area contributed by atoms with Crippen LogP contribution in [0, 0.1) is 5.41 Å². The van der Waals surface area contributed by atoms with E-state index in [4.69, 9.17) is 0 Å². The van der Waals surface area contributed by atoms with E-state index in [1.807, 2.05) is 12.1 Å². The van der Waals surface area contributed by atoms with Gasteiger partial charge >= 0.3 is 0 Å². The number of piperidine rings is 2. The molecule has 2 aliphatic rings. The minimum Gasteiger partial charge on any atom is -0.508 e. The maximum Gasteiger partial charge on any atom is 0.115 e. The molecule has 116 valence electrons. The highest BCUT2D eigenvalue weighted by Gasteiger charge is 2.36. The molecule has 2 saturated heterocycles. The fraction of sp³-hybridized carbons (Fsp3) is 0.667. The lowest BCUT2D eigenvalue weighted by Gasteiger charge is -2.45. The van der Waals surface area contributed by atoms with Crippen LogP contribution >= 0.6 is 0 Å². The van der Waals surface area contributed by atoms with Gasteiger partial charge in [0, 0.05) is 13.1 Å². The molecule has 0 aliphatic carbocycles. The van der Waals surface area contributed by atoms with E-state index in [0.717, 1.165) is 6.42 Å². The first-order valence-electron chi connectivity index (χ1n) is 8.47. The van der Waals surface area contributed by atoms with Gasteiger partial charge in [-0.05, 0) is 81.3 Å². The standard InChI is InChI=1S/C18H28N2O/c21-17-7-5-16(6-8-17)4-1-12-20-13-3-10-18(15-20)9-2-11-19-14-18/h5-8,19,21H,1-4,9-15H2. The molecule has 2 N–H and O–H groups in total. The highest BCUT2D eigenvalue weighted by atomic mass is 16.3. The highest BCUT2D eigenvalue weighted by Crippen LogP contribution is 2.35. The van der Waals surface area contributed by atoms with Crippen LogP contribution in [0.3, 0.4) is 0 Å². The van der Waals surface area contributed by atoms with Crippen molar-refractivity contribution in [3.63, 3.8) is 0 Å². The van der Waals surface area contributed by atoms with Crippen LogP contribution in [0.25, 0.3) is 0 Å². The van der Waals surface area contributed by atoms with Gasteiger partial charge in [0.1, 0.15) is 5.75 Å². The number of nitrogens with one attached hydrogen (secondary N) is 1. The predicted octanol–water partition coefficient (Wildman–Crippen LogP) is 2.79. The first-order chi connectivity index (χ1) is 10.3. The molecule has 0 amide bonds. The summed E-state index contributed by atoms with van der Waals surface area (Å²) in [5, 5.41) is 12.9. The molecular formula is C18H28N2O. The van der Waals surface area contributed by atoms with E-state index in [1.165, 1.54) is 70.4 Å². The van der Waals surface area contributed by atoms with Crippen LogP contribution in [-0.4, -0.2) is 42.7 Å². The molecule has 1 aromatic rings. The lowest BCUT2D eigenvalue weighted by molar-refractivity contribution is 0.0641. The van der Waals surface area contributed by atoms with E-state index in [1.54, 1.807) is 12.1 Å². The minimum absolute atomic E-state index is 0.363. The van der Waals surface area contributed by atoms with Gasteiger partial charge in [-0.15, -0.1) is 0 Å². The van der Waals surface area contributed by atoms with Crippen molar-refractivity contribution in [2.45, 2.75) is 38.5 Å². The largest absolute Gasteiger partial charge is 0.508 e. The Hall–Kier alpha value is -1.06. The number of likely N-dealkylation sites (tertiary alicyclic amines) is 1. The zero-order chi connectivity index (χ0) is 14.5. The van der Waals surface area contributed by atoms with E-state index < -0.39 is 0 Å². The second kappa shape index (κ2) is 6.80. The summed E-state index contributed by atoms with van der Waals surface area (Å²) in [6, 6.07) is 7.66. The van der Waals surface area contributed by atoms with Crippen LogP contribution in [0.2, 0.25) is 0 Å². The third-order valence-corrected chi connectivity index (χ3v) is 5.18. The van der Waals surface area contributed by atoms with Gasteiger partial charge in [0.25, 0.3) is 0 Å². The fourth-order valence-corrected chi connectivity index (χ4v) is 4.05. The van der Waals surface area contributed by atoms with E-state index in [9.17, 15) is 5.11 Å². The van der Waals surface area contributed by atoms with Crippen molar-refractivity contribution >= 4 is 0 Å². The molecule has 2 heterocycles. The quantitative estimate of drug-likeness (QED) is 0.894. The van der Waals surface area contributed by atoms with Crippen LogP contribution in [0.1, 0.15) is 37.7 Å². The van der Waals surface area contributed by atoms with E-state index in [0.29, 0.717) is 11.2 Å². The third kappa shape index (κ3) is 3.98. The molecule has 2 fully saturated rings. The van der Waals surface area contributed by atoms with Crippen LogP contribution in [0.5, 0.6) is 5.75 Å². The summed E-state index contributed by atoms with van der Waals surface area (Å²) in [4.78, 5) is 2.68. The Morgan fingerprint density at radius 1 is 1.14 bits per heavy atom. The van der Waals surface area contributed by atoms with Crippen molar-refractivity contribution in [1.29, 1.82) is 0 Å². The van der Waals surface area contributed by atoms with E-state index in [-0.39, 0.29) is 0 Å². The summed E-state index contributed by atoms with van der Waals surface area (Å²) in [5.41, 5.74) is 1.90. The Balaban J connectivity index is 1.45. The average Bonchev–Trinajstić information content (AvgIpc) is 2.50. The van der Waals surface area contributed by atoms with Crippen LogP contribution < -0.4 is 5.32 Å². The molecule has 1 atom stereocenters. The molecule has 0 saturated carbocycles. The molecule has 2 aliphatic heterocycles. The van der Waals surface area contributed by atoms with Crippen molar-refractivity contribution in [2.24, 2.45) is 5.41 Å². The molecule has 0 radical (unpaired) electrons. The molecule has 1 unspecified atom stereocenters. The van der Waals surface area contributed by atoms with Gasteiger partial charge in [-0.3, -0.25) is 0 Å². The van der Waals surface area contributed by atoms with Gasteiger partial charge < -0.3 is 15.3 Å². The maximum atomic E-state index is 9.31. The van der Waals surface area contributed by atoms with Crippen LogP contribution in [0.15, 0.2) is 24.3 Å². The molecule has 3 nitrogen and oxygen atoms in total. The Labute approximate surface area is 128 Å². The molecule has 3 heteroatoms. The van der Waals surface area contributed by atoms with Gasteiger partial charge in [0.15, 0.2) is 0 Å². The molecule has 0 aromatic heterocycles. The monoisotopic (exact) mass is 288 g/mol. The van der Waals surface area contributed by atoms with Crippen LogP contribution in [0.4, 0.5) is 0 Å². The second-order valence-corrected chi connectivity index (χ2v) is 6.93. The molecule has 0 bridgehead atoms. The van der Waals surface area contributed by atoms with Crippen molar-refractivity contribution in [2.75, 3.05) is 32.7 Å². The zero-order valence-corrected chi connectivity index (χ0v) is 13.0. The first-order valence-corrected chi connectivity index (χ1v) is 8.47. The van der Waals surface area contributed by atoms with Gasteiger partial charge in [0.2, 0.25) is 0 Å². The molecule has 1 spiro atoms. The number of nitrogens with zero attached hydrogens (tertiary/aromatic N) is 1. The number of hydrogen-bond acceptors (Lipinski definition) is 3. The van der Waals surface area contributed by atoms with Crippen molar-refractivity contribution in [3.05, 3.63) is 29.8 Å². The lowest BCUT2D eigenvalue weighted by atomic mass is 9.74. The number of rotatable bonds is 4. The number of aryl methyl sites for hydroxylation is 1. The maximum absolute atomic E-state index is 9.31. The van der Waals surface area contributed by atoms with Crippen molar-refractivity contribution < 1.29 is 5.11 Å². The van der Waals surface area contributed by atoms with E-state index >= 15 is 0 Å². The summed E-state index contributed by atoms with van der Waals surface area (Å²) < 4.78 is 0. The number of aromatic hydroxyl groups is 1. The molecule has 21 heavy (non-hydrogen) atoms. The lowest BCUT2D eigenvalue weighted by Crippen LogP contribution is -2.51. The molecule has 1 aromatic carbocycles. The fourth-order valence-electron chi connectivity index (χ4n) is 4.05. The number of benzene rings is 1. The summed E-state index contributed by atoms with van der Waals surface area (Å²) >= 11 is 0. The van der Waals surface area contributed by atoms with Gasteiger partial charge in [0.05, 0.1) is 0 Å². The Morgan fingerprint density at radius 2 is 1.95 bits per heavy atom. The number of phenolic OH excluding ortho intramolecular Hbond substituents is 1. The smallest absolute Gasteiger partial charge is 0.115 e. The average molecular weight is 288 g/mol. The summed E-state index contributed by atoms with van der Waals surface area (Å²) in [6.07, 6.45) is 7.86. The molecular weight excluding hydrogens is 260 g/mol. The Bertz CT molecular complexity index is 432. The van der Waals surface area contributed by atoms with Gasteiger partial charge in [-0.2, -0.15) is 0 Å². The van der Waals surface area contributed by atoms with E-state index in [2.05, 4.69) is 10.2 Å². The Kier molecular flexibility index (Phi) is 4.81. The summed E-state index contributed by atoms with van der Waals surface area (Å²) in [6.45, 7) is 6.21. The van der Waals surface area contributed by atoms with Crippen LogP contribution in [-0.2, 0) is 6.42 Å². The first kappa shape index (κ1) is 14.9. The van der Waals surface area contributed by atoms with Gasteiger partial charge in [-0.25, -0.2) is 0 Å². The predicted molar refractivity (Wildman–Crippen MR) is 86.6 cm³/mol. The van der Waals surface area contributed by atoms with Crippen molar-refractivity contribution in [3.8, 4) is 5.75 Å². The minimum atomic E-state index is 0.363. The summed E-state index contributed by atoms with van der Waals surface area (Å²) in [5.74, 6) is 0.363.